The van der Waals surface area contributed by atoms with E-state index < -0.39 is 11.5 Å². The van der Waals surface area contributed by atoms with Crippen LogP contribution < -0.4 is 4.90 Å². The predicted octanol–water partition coefficient (Wildman–Crippen LogP) is 3.52. The van der Waals surface area contributed by atoms with Gasteiger partial charge in [0.25, 0.3) is 5.91 Å². The summed E-state index contributed by atoms with van der Waals surface area (Å²) in [5, 5.41) is 11.2. The fraction of sp³-hybridized carbons (Fsp3) is 0.333. The number of aryl methyl sites for hydroxylation is 2. The van der Waals surface area contributed by atoms with Crippen molar-refractivity contribution in [1.29, 1.82) is 0 Å². The van der Waals surface area contributed by atoms with Crippen molar-refractivity contribution in [3.63, 3.8) is 0 Å². The van der Waals surface area contributed by atoms with Gasteiger partial charge in [0.05, 0.1) is 12.1 Å². The van der Waals surface area contributed by atoms with Crippen LogP contribution in [0.5, 0.6) is 0 Å². The fourth-order valence-corrected chi connectivity index (χ4v) is 3.59. The van der Waals surface area contributed by atoms with Gasteiger partial charge in [-0.2, -0.15) is 0 Å². The van der Waals surface area contributed by atoms with Gasteiger partial charge in [-0.1, -0.05) is 42.0 Å². The molecule has 1 N–H and O–H groups in total. The van der Waals surface area contributed by atoms with E-state index in [1.807, 2.05) is 52.0 Å². The number of fused-ring (bicyclic) bond motifs is 1. The molecule has 1 heterocycles. The maximum absolute atomic E-state index is 13.0. The Morgan fingerprint density at radius 1 is 1.16 bits per heavy atom. The minimum Gasteiger partial charge on any atom is -0.375 e. The summed E-state index contributed by atoms with van der Waals surface area (Å²) in [6.07, 6.45) is -0.254. The average Bonchev–Trinajstić information content (AvgIpc) is 2.75. The number of aliphatic hydroxyl groups is 1. The Labute approximate surface area is 148 Å². The number of hydrogen-bond acceptors (Lipinski definition) is 3. The smallest absolute Gasteiger partial charge is 0.264 e. The zero-order chi connectivity index (χ0) is 18.4. The van der Waals surface area contributed by atoms with Gasteiger partial charge in [0.1, 0.15) is 0 Å². The first kappa shape index (κ1) is 17.4. The van der Waals surface area contributed by atoms with Crippen LogP contribution in [0.3, 0.4) is 0 Å². The van der Waals surface area contributed by atoms with Gasteiger partial charge in [0, 0.05) is 17.2 Å². The lowest BCUT2D eigenvalue weighted by atomic mass is 9.87. The Hall–Kier alpha value is -2.46. The Bertz CT molecular complexity index is 856. The van der Waals surface area contributed by atoms with E-state index in [9.17, 15) is 14.7 Å². The summed E-state index contributed by atoms with van der Waals surface area (Å²) in [6, 6.07) is 12.6. The third kappa shape index (κ3) is 2.76. The molecule has 4 heteroatoms. The van der Waals surface area contributed by atoms with Crippen molar-refractivity contribution >= 4 is 17.4 Å². The zero-order valence-corrected chi connectivity index (χ0v) is 15.0. The van der Waals surface area contributed by atoms with E-state index >= 15 is 0 Å². The van der Waals surface area contributed by atoms with Crippen LogP contribution in [0.25, 0.3) is 0 Å². The van der Waals surface area contributed by atoms with Crippen molar-refractivity contribution in [2.24, 2.45) is 0 Å². The van der Waals surface area contributed by atoms with Crippen LogP contribution in [0, 0.1) is 13.8 Å². The average molecular weight is 337 g/mol. The summed E-state index contributed by atoms with van der Waals surface area (Å²) < 4.78 is 0. The van der Waals surface area contributed by atoms with Gasteiger partial charge >= 0.3 is 0 Å². The highest BCUT2D eigenvalue weighted by Gasteiger charge is 2.51. The summed E-state index contributed by atoms with van der Waals surface area (Å²) in [5.74, 6) is -0.657. The number of benzene rings is 2. The number of carbonyl (C=O) groups is 2. The summed E-state index contributed by atoms with van der Waals surface area (Å²) >= 11 is 0. The normalized spacial score (nSPS) is 19.4. The number of amides is 1. The third-order valence-electron chi connectivity index (χ3n) is 4.80. The summed E-state index contributed by atoms with van der Waals surface area (Å²) in [7, 11) is 0. The lowest BCUT2D eigenvalue weighted by molar-refractivity contribution is -0.136. The molecule has 1 aliphatic rings. The standard InChI is InChI=1S/C21H23NO3/c1-13(2)22-18-8-6-5-7-17(18)21(25,20(22)24)12-19(23)16-10-9-14(3)11-15(16)4/h5-11,13,25H,12H2,1-4H3/t21-/m1/s1. The number of carbonyl (C=O) groups excluding carboxylic acids is 2. The number of hydrogen-bond donors (Lipinski definition) is 1. The molecule has 0 aliphatic carbocycles. The van der Waals surface area contributed by atoms with E-state index in [-0.39, 0.29) is 18.2 Å². The van der Waals surface area contributed by atoms with Gasteiger partial charge < -0.3 is 10.0 Å². The first-order valence-corrected chi connectivity index (χ1v) is 8.51. The Morgan fingerprint density at radius 2 is 1.84 bits per heavy atom. The number of anilines is 1. The van der Waals surface area contributed by atoms with Crippen molar-refractivity contribution in [2.75, 3.05) is 4.90 Å². The van der Waals surface area contributed by atoms with Crippen molar-refractivity contribution in [1.82, 2.24) is 0 Å². The first-order valence-electron chi connectivity index (χ1n) is 8.51. The molecule has 1 amide bonds. The Kier molecular flexibility index (Phi) is 4.25. The van der Waals surface area contributed by atoms with Gasteiger partial charge in [-0.25, -0.2) is 0 Å². The van der Waals surface area contributed by atoms with E-state index in [2.05, 4.69) is 0 Å². The van der Waals surface area contributed by atoms with Gasteiger partial charge in [-0.15, -0.1) is 0 Å². The first-order chi connectivity index (χ1) is 11.8. The van der Waals surface area contributed by atoms with E-state index in [0.717, 1.165) is 11.1 Å². The number of nitrogens with zero attached hydrogens (tertiary/aromatic N) is 1. The van der Waals surface area contributed by atoms with Crippen LogP contribution in [0.2, 0.25) is 0 Å². The van der Waals surface area contributed by atoms with Crippen LogP contribution in [-0.4, -0.2) is 22.8 Å². The zero-order valence-electron chi connectivity index (χ0n) is 15.0. The topological polar surface area (TPSA) is 57.6 Å². The predicted molar refractivity (Wildman–Crippen MR) is 97.8 cm³/mol. The van der Waals surface area contributed by atoms with Crippen molar-refractivity contribution in [2.45, 2.75) is 45.8 Å². The molecule has 1 atom stereocenters. The van der Waals surface area contributed by atoms with Crippen molar-refractivity contribution in [3.05, 3.63) is 64.7 Å². The SMILES string of the molecule is Cc1ccc(C(=O)C[C@]2(O)C(=O)N(C(C)C)c3ccccc32)c(C)c1. The molecule has 0 unspecified atom stereocenters. The molecule has 0 bridgehead atoms. The molecule has 0 aromatic heterocycles. The minimum atomic E-state index is -1.81. The molecule has 2 aromatic carbocycles. The molecule has 0 radical (unpaired) electrons. The Morgan fingerprint density at radius 3 is 2.48 bits per heavy atom. The molecule has 0 fully saturated rings. The summed E-state index contributed by atoms with van der Waals surface area (Å²) in [6.45, 7) is 7.62. The van der Waals surface area contributed by atoms with Crippen LogP contribution >= 0.6 is 0 Å². The van der Waals surface area contributed by atoms with E-state index in [0.29, 0.717) is 16.8 Å². The second-order valence-corrected chi connectivity index (χ2v) is 7.06. The number of rotatable bonds is 4. The molecule has 4 nitrogen and oxygen atoms in total. The van der Waals surface area contributed by atoms with E-state index in [4.69, 9.17) is 0 Å². The second-order valence-electron chi connectivity index (χ2n) is 7.06. The summed E-state index contributed by atoms with van der Waals surface area (Å²) in [4.78, 5) is 27.4. The van der Waals surface area contributed by atoms with Crippen LogP contribution in [0.4, 0.5) is 5.69 Å². The van der Waals surface area contributed by atoms with E-state index in [1.165, 1.54) is 0 Å². The number of Topliss-reactive ketones (excluding diaryl/α,β-unsaturated/α-hetero) is 1. The third-order valence-corrected chi connectivity index (χ3v) is 4.80. The summed E-state index contributed by atoms with van der Waals surface area (Å²) in [5.41, 5.74) is 1.85. The van der Waals surface area contributed by atoms with Gasteiger partial charge in [-0.3, -0.25) is 9.59 Å². The molecule has 3 rings (SSSR count). The maximum atomic E-state index is 13.0. The maximum Gasteiger partial charge on any atom is 0.264 e. The molecule has 0 saturated carbocycles. The minimum absolute atomic E-state index is 0.0983. The lowest BCUT2D eigenvalue weighted by Gasteiger charge is -2.25. The lowest BCUT2D eigenvalue weighted by Crippen LogP contribution is -2.44. The number of para-hydroxylation sites is 1. The molecular formula is C21H23NO3. The van der Waals surface area contributed by atoms with Gasteiger partial charge in [0.15, 0.2) is 11.4 Å². The molecule has 2 aromatic rings. The van der Waals surface area contributed by atoms with Gasteiger partial charge in [0.2, 0.25) is 0 Å². The molecule has 25 heavy (non-hydrogen) atoms. The van der Waals surface area contributed by atoms with Crippen LogP contribution in [0.15, 0.2) is 42.5 Å². The largest absolute Gasteiger partial charge is 0.375 e. The van der Waals surface area contributed by atoms with Crippen molar-refractivity contribution < 1.29 is 14.7 Å². The molecule has 0 saturated heterocycles. The van der Waals surface area contributed by atoms with Gasteiger partial charge in [-0.05, 0) is 39.3 Å². The van der Waals surface area contributed by atoms with Crippen LogP contribution in [-0.2, 0) is 10.4 Å². The molecule has 0 spiro atoms. The fourth-order valence-electron chi connectivity index (χ4n) is 3.59. The monoisotopic (exact) mass is 337 g/mol. The second kappa shape index (κ2) is 6.12. The molecule has 1 aliphatic heterocycles. The quantitative estimate of drug-likeness (QED) is 0.869. The highest BCUT2D eigenvalue weighted by atomic mass is 16.3. The van der Waals surface area contributed by atoms with Crippen molar-refractivity contribution in [3.8, 4) is 0 Å². The Balaban J connectivity index is 2.01. The highest BCUT2D eigenvalue weighted by molar-refractivity contribution is 6.11. The highest BCUT2D eigenvalue weighted by Crippen LogP contribution is 2.43. The van der Waals surface area contributed by atoms with Crippen LogP contribution in [0.1, 0.15) is 47.3 Å². The molecule has 130 valence electrons. The van der Waals surface area contributed by atoms with E-state index in [1.54, 1.807) is 23.1 Å². The number of ketones is 1. The molecular weight excluding hydrogens is 314 g/mol.